The molecule has 9 nitrogen and oxygen atoms in total. The second-order valence-electron chi connectivity index (χ2n) is 9.95. The van der Waals surface area contributed by atoms with Crippen LogP contribution in [-0.2, 0) is 19.6 Å². The summed E-state index contributed by atoms with van der Waals surface area (Å²) in [5.74, 6) is -0.400. The van der Waals surface area contributed by atoms with Crippen molar-refractivity contribution in [1.82, 2.24) is 24.4 Å². The largest absolute Gasteiger partial charge is 0.337 e. The number of pyridine rings is 1. The van der Waals surface area contributed by atoms with E-state index in [-0.39, 0.29) is 29.3 Å². The molecule has 200 valence electrons. The van der Waals surface area contributed by atoms with Gasteiger partial charge in [-0.1, -0.05) is 11.6 Å². The fourth-order valence-corrected chi connectivity index (χ4v) is 7.66. The van der Waals surface area contributed by atoms with Crippen LogP contribution < -0.4 is 4.72 Å². The minimum absolute atomic E-state index is 0.00676. The molecule has 2 atom stereocenters. The van der Waals surface area contributed by atoms with E-state index in [0.29, 0.717) is 29.4 Å². The molecule has 0 aromatic carbocycles. The molecule has 1 N–H and O–H groups in total. The first-order valence-corrected chi connectivity index (χ1v) is 15.5. The predicted octanol–water partition coefficient (Wildman–Crippen LogP) is 2.82. The van der Waals surface area contributed by atoms with Gasteiger partial charge in [0.1, 0.15) is 10.9 Å². The van der Waals surface area contributed by atoms with Crippen molar-refractivity contribution in [1.29, 1.82) is 0 Å². The van der Waals surface area contributed by atoms with Crippen LogP contribution in [-0.4, -0.2) is 91.3 Å². The number of carbonyl (C=O) groups excluding carboxylic acids is 2. The van der Waals surface area contributed by atoms with Crippen LogP contribution in [0.4, 0.5) is 0 Å². The molecule has 0 spiro atoms. The number of aromatic nitrogens is 1. The molecule has 0 bridgehead atoms. The van der Waals surface area contributed by atoms with Gasteiger partial charge in [-0.2, -0.15) is 4.72 Å². The van der Waals surface area contributed by atoms with Crippen molar-refractivity contribution in [3.8, 4) is 10.6 Å². The first-order valence-electron chi connectivity index (χ1n) is 12.8. The molecule has 3 aliphatic heterocycles. The molecule has 3 aliphatic rings. The van der Waals surface area contributed by atoms with Gasteiger partial charge in [-0.05, 0) is 75.9 Å². The Labute approximate surface area is 226 Å². The lowest BCUT2D eigenvalue weighted by Crippen LogP contribution is -2.55. The molecule has 37 heavy (non-hydrogen) atoms. The topological polar surface area (TPSA) is 103 Å². The van der Waals surface area contributed by atoms with Crippen LogP contribution in [0.25, 0.3) is 10.6 Å². The zero-order valence-electron chi connectivity index (χ0n) is 20.6. The third-order valence-electron chi connectivity index (χ3n) is 7.39. The zero-order valence-corrected chi connectivity index (χ0v) is 23.0. The average Bonchev–Trinajstić information content (AvgIpc) is 3.65. The molecule has 12 heteroatoms. The molecule has 0 unspecified atom stereocenters. The summed E-state index contributed by atoms with van der Waals surface area (Å²) in [5.41, 5.74) is 0.624. The number of rotatable bonds is 8. The fourth-order valence-electron chi connectivity index (χ4n) is 5.47. The fraction of sp³-hybridized carbons (Fsp3) is 0.560. The molecular formula is C25H32ClN5O4S2. The van der Waals surface area contributed by atoms with Gasteiger partial charge >= 0.3 is 0 Å². The van der Waals surface area contributed by atoms with E-state index < -0.39 is 16.1 Å². The van der Waals surface area contributed by atoms with E-state index in [2.05, 4.69) is 14.6 Å². The van der Waals surface area contributed by atoms with E-state index >= 15 is 0 Å². The number of hydrogen-bond donors (Lipinski definition) is 1. The van der Waals surface area contributed by atoms with Crippen LogP contribution in [0.3, 0.4) is 0 Å². The Morgan fingerprint density at radius 1 is 1.05 bits per heavy atom. The maximum atomic E-state index is 13.2. The third kappa shape index (κ3) is 6.17. The average molecular weight is 566 g/mol. The van der Waals surface area contributed by atoms with Gasteiger partial charge in [0.2, 0.25) is 21.8 Å². The number of halogens is 1. The SMILES string of the molecule is O=C1[C@@H](NS(=O)(=O)c2ccc(-c3ccc(Cl)s3)nc2)CCCN1CC(=O)N1CCC[C@H]1CN1CCCC1. The molecule has 2 aromatic heterocycles. The van der Waals surface area contributed by atoms with E-state index in [1.807, 2.05) is 11.0 Å². The molecule has 5 rings (SSSR count). The maximum Gasteiger partial charge on any atom is 0.242 e. The number of carbonyl (C=O) groups is 2. The molecule has 0 aliphatic carbocycles. The first kappa shape index (κ1) is 26.6. The second-order valence-corrected chi connectivity index (χ2v) is 13.4. The Hall–Kier alpha value is -2.05. The maximum absolute atomic E-state index is 13.2. The van der Waals surface area contributed by atoms with Crippen LogP contribution in [0.2, 0.25) is 4.34 Å². The van der Waals surface area contributed by atoms with Gasteiger partial charge in [0.15, 0.2) is 0 Å². The van der Waals surface area contributed by atoms with Crippen molar-refractivity contribution >= 4 is 44.8 Å². The standard InChI is InChI=1S/C25H32ClN5O4S2/c26-23-10-9-22(36-23)20-8-7-19(15-27-20)37(34,35)28-21-6-4-13-30(25(21)33)17-24(32)31-14-3-5-18(31)16-29-11-1-2-12-29/h7-10,15,18,21,28H,1-6,11-14,16-17H2/t18-,21-/m0/s1. The van der Waals surface area contributed by atoms with Gasteiger partial charge in [-0.25, -0.2) is 8.42 Å². The lowest BCUT2D eigenvalue weighted by Gasteiger charge is -2.34. The van der Waals surface area contributed by atoms with Crippen LogP contribution in [0, 0.1) is 0 Å². The van der Waals surface area contributed by atoms with E-state index in [4.69, 9.17) is 11.6 Å². The predicted molar refractivity (Wildman–Crippen MR) is 143 cm³/mol. The molecule has 0 saturated carbocycles. The normalized spacial score (nSPS) is 23.2. The summed E-state index contributed by atoms with van der Waals surface area (Å²) in [7, 11) is -3.96. The summed E-state index contributed by atoms with van der Waals surface area (Å²) < 4.78 is 29.2. The summed E-state index contributed by atoms with van der Waals surface area (Å²) in [6.07, 6.45) is 6.70. The summed E-state index contributed by atoms with van der Waals surface area (Å²) in [6, 6.07) is 5.98. The molecular weight excluding hydrogens is 534 g/mol. The van der Waals surface area contributed by atoms with Gasteiger partial charge in [0.05, 0.1) is 21.5 Å². The Kier molecular flexibility index (Phi) is 8.16. The molecule has 2 aromatic rings. The van der Waals surface area contributed by atoms with Gasteiger partial charge in [-0.15, -0.1) is 11.3 Å². The number of piperidine rings is 1. The van der Waals surface area contributed by atoms with Crippen molar-refractivity contribution in [2.75, 3.05) is 39.3 Å². The monoisotopic (exact) mass is 565 g/mol. The minimum Gasteiger partial charge on any atom is -0.337 e. The lowest BCUT2D eigenvalue weighted by atomic mass is 10.1. The summed E-state index contributed by atoms with van der Waals surface area (Å²) >= 11 is 7.34. The zero-order chi connectivity index (χ0) is 26.0. The Morgan fingerprint density at radius 3 is 2.54 bits per heavy atom. The van der Waals surface area contributed by atoms with Crippen molar-refractivity contribution in [2.24, 2.45) is 0 Å². The summed E-state index contributed by atoms with van der Waals surface area (Å²) in [4.78, 5) is 37.3. The van der Waals surface area contributed by atoms with E-state index in [9.17, 15) is 18.0 Å². The van der Waals surface area contributed by atoms with Crippen molar-refractivity contribution in [2.45, 2.75) is 55.5 Å². The molecule has 2 amide bonds. The Bertz CT molecular complexity index is 1230. The van der Waals surface area contributed by atoms with Gasteiger partial charge in [0.25, 0.3) is 0 Å². The highest BCUT2D eigenvalue weighted by molar-refractivity contribution is 7.89. The van der Waals surface area contributed by atoms with Crippen molar-refractivity contribution in [3.05, 3.63) is 34.8 Å². The highest BCUT2D eigenvalue weighted by atomic mass is 35.5. The van der Waals surface area contributed by atoms with Crippen molar-refractivity contribution in [3.63, 3.8) is 0 Å². The molecule has 0 radical (unpaired) electrons. The molecule has 3 saturated heterocycles. The van der Waals surface area contributed by atoms with Crippen LogP contribution in [0.15, 0.2) is 35.4 Å². The number of hydrogen-bond acceptors (Lipinski definition) is 7. The molecule has 3 fully saturated rings. The minimum atomic E-state index is -3.96. The third-order valence-corrected chi connectivity index (χ3v) is 10.1. The molecule has 5 heterocycles. The Balaban J connectivity index is 1.20. The smallest absolute Gasteiger partial charge is 0.242 e. The summed E-state index contributed by atoms with van der Waals surface area (Å²) in [5, 5.41) is 0. The number of thiophene rings is 1. The van der Waals surface area contributed by atoms with Crippen LogP contribution in [0.1, 0.15) is 38.5 Å². The number of nitrogens with one attached hydrogen (secondary N) is 1. The second kappa shape index (κ2) is 11.4. The van der Waals surface area contributed by atoms with Gasteiger partial charge < -0.3 is 14.7 Å². The van der Waals surface area contributed by atoms with E-state index in [1.54, 1.807) is 12.1 Å². The van der Waals surface area contributed by atoms with Gasteiger partial charge in [-0.3, -0.25) is 14.6 Å². The van der Waals surface area contributed by atoms with E-state index in [1.165, 1.54) is 41.3 Å². The number of sulfonamides is 1. The lowest BCUT2D eigenvalue weighted by molar-refractivity contribution is -0.143. The van der Waals surface area contributed by atoms with Gasteiger partial charge in [0, 0.05) is 31.9 Å². The number of nitrogens with zero attached hydrogens (tertiary/aromatic N) is 4. The Morgan fingerprint density at radius 2 is 1.84 bits per heavy atom. The first-order chi connectivity index (χ1) is 17.8. The quantitative estimate of drug-likeness (QED) is 0.528. The highest BCUT2D eigenvalue weighted by Gasteiger charge is 2.36. The summed E-state index contributed by atoms with van der Waals surface area (Å²) in [6.45, 7) is 4.24. The highest BCUT2D eigenvalue weighted by Crippen LogP contribution is 2.30. The number of amides is 2. The number of likely N-dealkylation sites (tertiary alicyclic amines) is 3. The van der Waals surface area contributed by atoms with E-state index in [0.717, 1.165) is 43.9 Å². The van der Waals surface area contributed by atoms with Crippen molar-refractivity contribution < 1.29 is 18.0 Å². The van der Waals surface area contributed by atoms with Crippen LogP contribution >= 0.6 is 22.9 Å². The van der Waals surface area contributed by atoms with Crippen LogP contribution in [0.5, 0.6) is 0 Å².